The number of furan rings is 1. The van der Waals surface area contributed by atoms with Crippen molar-refractivity contribution >= 4 is 23.2 Å². The number of benzene rings is 1. The predicted molar refractivity (Wildman–Crippen MR) is 87.3 cm³/mol. The summed E-state index contributed by atoms with van der Waals surface area (Å²) in [4.78, 5) is 19.8. The van der Waals surface area contributed by atoms with Crippen LogP contribution in [-0.2, 0) is 16.2 Å². The van der Waals surface area contributed by atoms with Crippen LogP contribution in [0, 0.1) is 0 Å². The van der Waals surface area contributed by atoms with Gasteiger partial charge in [0.2, 0.25) is 5.60 Å². The highest BCUT2D eigenvalue weighted by molar-refractivity contribution is 6.34. The van der Waals surface area contributed by atoms with Gasteiger partial charge in [0.05, 0.1) is 18.5 Å². The Morgan fingerprint density at radius 2 is 2.13 bits per heavy atom. The molecule has 0 radical (unpaired) electrons. The molecule has 5 nitrogen and oxygen atoms in total. The fraction of sp³-hybridized carbons (Fsp3) is 0.294. The molecule has 0 bridgehead atoms. The number of likely N-dealkylation sites (N-methyl/N-ethyl adjacent to an activating group) is 1. The van der Waals surface area contributed by atoms with Crippen molar-refractivity contribution in [3.63, 3.8) is 0 Å². The minimum atomic E-state index is -1.03. The van der Waals surface area contributed by atoms with Gasteiger partial charge in [0.1, 0.15) is 5.76 Å². The Labute approximate surface area is 139 Å². The second-order valence-corrected chi connectivity index (χ2v) is 6.16. The molecule has 1 atom stereocenters. The van der Waals surface area contributed by atoms with Gasteiger partial charge in [0, 0.05) is 24.1 Å². The Morgan fingerprint density at radius 3 is 2.83 bits per heavy atom. The van der Waals surface area contributed by atoms with Gasteiger partial charge in [0.15, 0.2) is 0 Å². The van der Waals surface area contributed by atoms with Crippen LogP contribution in [0.5, 0.6) is 0 Å². The summed E-state index contributed by atoms with van der Waals surface area (Å²) < 4.78 is 5.28. The van der Waals surface area contributed by atoms with Crippen LogP contribution in [0.4, 0.5) is 0 Å². The maximum Gasteiger partial charge on any atom is 0.269 e. The zero-order valence-electron chi connectivity index (χ0n) is 13.0. The van der Waals surface area contributed by atoms with Crippen LogP contribution in [0.1, 0.15) is 24.7 Å². The van der Waals surface area contributed by atoms with E-state index in [1.54, 1.807) is 37.3 Å². The molecular formula is C17H17ClN2O3. The SMILES string of the molecule is CN(Cc1ccco1)C(=O)[C@@]1(C)CC(c2ccccc2Cl)=NO1. The van der Waals surface area contributed by atoms with Gasteiger partial charge in [0.25, 0.3) is 5.91 Å². The lowest BCUT2D eigenvalue weighted by Gasteiger charge is -2.26. The number of amides is 1. The van der Waals surface area contributed by atoms with E-state index in [0.29, 0.717) is 23.7 Å². The van der Waals surface area contributed by atoms with Gasteiger partial charge < -0.3 is 14.2 Å². The Hall–Kier alpha value is -2.27. The number of oxime groups is 1. The average Bonchev–Trinajstić information content (AvgIpc) is 3.17. The van der Waals surface area contributed by atoms with Crippen LogP contribution in [0.25, 0.3) is 0 Å². The van der Waals surface area contributed by atoms with Gasteiger partial charge in [-0.15, -0.1) is 0 Å². The third kappa shape index (κ3) is 3.10. The normalized spacial score (nSPS) is 20.0. The molecule has 1 aliphatic rings. The molecular weight excluding hydrogens is 316 g/mol. The predicted octanol–water partition coefficient (Wildman–Crippen LogP) is 3.47. The molecule has 23 heavy (non-hydrogen) atoms. The van der Waals surface area contributed by atoms with Gasteiger partial charge in [-0.3, -0.25) is 4.79 Å². The smallest absolute Gasteiger partial charge is 0.269 e. The molecule has 0 saturated heterocycles. The lowest BCUT2D eigenvalue weighted by Crippen LogP contribution is -2.45. The highest BCUT2D eigenvalue weighted by atomic mass is 35.5. The van der Waals surface area contributed by atoms with Crippen LogP contribution in [0.3, 0.4) is 0 Å². The molecule has 2 aromatic rings. The molecule has 1 aromatic carbocycles. The van der Waals surface area contributed by atoms with Crippen molar-refractivity contribution < 1.29 is 14.0 Å². The van der Waals surface area contributed by atoms with Gasteiger partial charge in [-0.05, 0) is 25.1 Å². The van der Waals surface area contributed by atoms with Gasteiger partial charge in [-0.25, -0.2) is 0 Å². The number of carbonyl (C=O) groups is 1. The first-order valence-corrected chi connectivity index (χ1v) is 7.65. The maximum atomic E-state index is 12.7. The standard InChI is InChI=1S/C17H17ClN2O3/c1-17(16(21)20(2)11-12-6-5-9-22-12)10-15(19-23-17)13-7-3-4-8-14(13)18/h3-9H,10-11H2,1-2H3/t17-/m1/s1. The Balaban J connectivity index is 1.72. The van der Waals surface area contributed by atoms with Crippen LogP contribution in [0.2, 0.25) is 5.02 Å². The van der Waals surface area contributed by atoms with E-state index in [9.17, 15) is 4.79 Å². The van der Waals surface area contributed by atoms with E-state index < -0.39 is 5.60 Å². The molecule has 0 fully saturated rings. The topological polar surface area (TPSA) is 55.0 Å². The summed E-state index contributed by atoms with van der Waals surface area (Å²) >= 11 is 6.19. The van der Waals surface area contributed by atoms with E-state index >= 15 is 0 Å². The fourth-order valence-corrected chi connectivity index (χ4v) is 2.85. The van der Waals surface area contributed by atoms with E-state index in [2.05, 4.69) is 5.16 Å². The molecule has 2 heterocycles. The molecule has 0 spiro atoms. The monoisotopic (exact) mass is 332 g/mol. The quantitative estimate of drug-likeness (QED) is 0.861. The van der Waals surface area contributed by atoms with Crippen molar-refractivity contribution in [2.75, 3.05) is 7.05 Å². The van der Waals surface area contributed by atoms with E-state index in [1.165, 1.54) is 0 Å². The molecule has 1 aliphatic heterocycles. The summed E-state index contributed by atoms with van der Waals surface area (Å²) in [5, 5.41) is 4.67. The first-order chi connectivity index (χ1) is 11.0. The largest absolute Gasteiger partial charge is 0.467 e. The van der Waals surface area contributed by atoms with E-state index in [4.69, 9.17) is 20.9 Å². The van der Waals surface area contributed by atoms with Crippen molar-refractivity contribution in [2.45, 2.75) is 25.5 Å². The molecule has 0 saturated carbocycles. The summed E-state index contributed by atoms with van der Waals surface area (Å²) in [5.41, 5.74) is 0.438. The van der Waals surface area contributed by atoms with E-state index in [1.807, 2.05) is 24.3 Å². The minimum absolute atomic E-state index is 0.153. The Morgan fingerprint density at radius 1 is 1.35 bits per heavy atom. The van der Waals surface area contributed by atoms with Crippen molar-refractivity contribution in [1.29, 1.82) is 0 Å². The van der Waals surface area contributed by atoms with Crippen molar-refractivity contribution in [1.82, 2.24) is 4.90 Å². The number of hydrogen-bond donors (Lipinski definition) is 0. The Kier molecular flexibility index (Phi) is 4.13. The molecule has 3 rings (SSSR count). The van der Waals surface area contributed by atoms with Gasteiger partial charge >= 0.3 is 0 Å². The van der Waals surface area contributed by atoms with Crippen LogP contribution in [-0.4, -0.2) is 29.2 Å². The second-order valence-electron chi connectivity index (χ2n) is 5.76. The average molecular weight is 333 g/mol. The highest BCUT2D eigenvalue weighted by Gasteiger charge is 2.44. The summed E-state index contributed by atoms with van der Waals surface area (Å²) in [5.74, 6) is 0.564. The maximum absolute atomic E-state index is 12.7. The van der Waals surface area contributed by atoms with Gasteiger partial charge in [-0.2, -0.15) is 0 Å². The minimum Gasteiger partial charge on any atom is -0.467 e. The third-order valence-electron chi connectivity index (χ3n) is 3.82. The number of carbonyl (C=O) groups excluding carboxylic acids is 1. The first kappa shape index (κ1) is 15.6. The van der Waals surface area contributed by atoms with Crippen molar-refractivity contribution in [3.05, 3.63) is 59.0 Å². The number of hydrogen-bond acceptors (Lipinski definition) is 4. The lowest BCUT2D eigenvalue weighted by molar-refractivity contribution is -0.152. The zero-order valence-corrected chi connectivity index (χ0v) is 13.7. The lowest BCUT2D eigenvalue weighted by atomic mass is 9.94. The number of nitrogens with zero attached hydrogens (tertiary/aromatic N) is 2. The number of halogens is 1. The van der Waals surface area contributed by atoms with Gasteiger partial charge in [-0.1, -0.05) is 35.0 Å². The molecule has 0 unspecified atom stereocenters. The van der Waals surface area contributed by atoms with Crippen molar-refractivity contribution in [2.24, 2.45) is 5.16 Å². The second kappa shape index (κ2) is 6.08. The highest BCUT2D eigenvalue weighted by Crippen LogP contribution is 2.31. The van der Waals surface area contributed by atoms with Crippen molar-refractivity contribution in [3.8, 4) is 0 Å². The molecule has 120 valence electrons. The van der Waals surface area contributed by atoms with Crippen LogP contribution in [0.15, 0.2) is 52.2 Å². The molecule has 0 N–H and O–H groups in total. The molecule has 0 aliphatic carbocycles. The fourth-order valence-electron chi connectivity index (χ4n) is 2.61. The van der Waals surface area contributed by atoms with E-state index in [-0.39, 0.29) is 5.91 Å². The summed E-state index contributed by atoms with van der Waals surface area (Å²) in [6, 6.07) is 11.0. The van der Waals surface area contributed by atoms with Crippen LogP contribution >= 0.6 is 11.6 Å². The Bertz CT molecular complexity index is 742. The molecule has 1 amide bonds. The third-order valence-corrected chi connectivity index (χ3v) is 4.15. The summed E-state index contributed by atoms with van der Waals surface area (Å²) in [7, 11) is 1.72. The molecule has 6 heteroatoms. The zero-order chi connectivity index (χ0) is 16.4. The molecule has 1 aromatic heterocycles. The van der Waals surface area contributed by atoms with E-state index in [0.717, 1.165) is 11.3 Å². The first-order valence-electron chi connectivity index (χ1n) is 7.27. The summed E-state index contributed by atoms with van der Waals surface area (Å²) in [6.45, 7) is 2.12. The van der Waals surface area contributed by atoms with Crippen LogP contribution < -0.4 is 0 Å². The number of rotatable bonds is 4. The summed E-state index contributed by atoms with van der Waals surface area (Å²) in [6.07, 6.45) is 1.96.